The molecule has 0 radical (unpaired) electrons. The summed E-state index contributed by atoms with van der Waals surface area (Å²) in [6.07, 6.45) is 3.37. The predicted octanol–water partition coefficient (Wildman–Crippen LogP) is 2.87. The van der Waals surface area contributed by atoms with Gasteiger partial charge in [0.05, 0.1) is 17.1 Å². The van der Waals surface area contributed by atoms with Crippen LogP contribution in [0.3, 0.4) is 0 Å². The molecule has 4 nitrogen and oxygen atoms in total. The first kappa shape index (κ1) is 15.6. The summed E-state index contributed by atoms with van der Waals surface area (Å²) in [5.74, 6) is 0.671. The Hall–Kier alpha value is -0.910. The third kappa shape index (κ3) is 1.87. The molecule has 5 heteroatoms. The zero-order chi connectivity index (χ0) is 16.5. The fourth-order valence-electron chi connectivity index (χ4n) is 5.33. The van der Waals surface area contributed by atoms with Gasteiger partial charge in [0, 0.05) is 17.4 Å². The highest BCUT2D eigenvalue weighted by Crippen LogP contribution is 2.74. The Morgan fingerprint density at radius 1 is 1.26 bits per heavy atom. The molecule has 126 valence electrons. The lowest BCUT2D eigenvalue weighted by Crippen LogP contribution is -2.51. The highest BCUT2D eigenvalue weighted by molar-refractivity contribution is 7.89. The van der Waals surface area contributed by atoms with Crippen LogP contribution in [0.25, 0.3) is 0 Å². The van der Waals surface area contributed by atoms with Crippen molar-refractivity contribution in [3.05, 3.63) is 29.8 Å². The highest BCUT2D eigenvalue weighted by Gasteiger charge is 2.75. The van der Waals surface area contributed by atoms with Gasteiger partial charge in [-0.15, -0.1) is 0 Å². The minimum Gasteiger partial charge on any atom is -0.372 e. The number of hydrogen-bond donors (Lipinski definition) is 1. The largest absolute Gasteiger partial charge is 0.372 e. The molecule has 1 aliphatic heterocycles. The molecule has 0 amide bonds. The van der Waals surface area contributed by atoms with Gasteiger partial charge in [0.25, 0.3) is 0 Å². The molecule has 1 aromatic carbocycles. The van der Waals surface area contributed by atoms with E-state index in [9.17, 15) is 8.42 Å². The topological polar surface area (TPSA) is 55.4 Å². The van der Waals surface area contributed by atoms with Gasteiger partial charge in [-0.3, -0.25) is 0 Å². The van der Waals surface area contributed by atoms with Crippen LogP contribution in [-0.4, -0.2) is 27.2 Å². The molecule has 4 bridgehead atoms. The van der Waals surface area contributed by atoms with E-state index in [1.54, 1.807) is 12.1 Å². The van der Waals surface area contributed by atoms with Crippen LogP contribution in [0.1, 0.15) is 38.7 Å². The molecule has 2 aliphatic carbocycles. The van der Waals surface area contributed by atoms with Gasteiger partial charge in [0.2, 0.25) is 10.0 Å². The Morgan fingerprint density at radius 3 is 2.57 bits per heavy atom. The SMILES string of the molecule is Cc1ccc(S(=O)(=O)NC[C@@]23C[C@H]4CC[C@]2(C)[C@@]4(C)CO3)cc1. The fourth-order valence-corrected chi connectivity index (χ4v) is 6.41. The highest BCUT2D eigenvalue weighted by atomic mass is 32.2. The number of ether oxygens (including phenoxy) is 1. The summed E-state index contributed by atoms with van der Waals surface area (Å²) in [7, 11) is -3.49. The number of hydrogen-bond acceptors (Lipinski definition) is 3. The van der Waals surface area contributed by atoms with E-state index < -0.39 is 10.0 Å². The second-order valence-corrected chi connectivity index (χ2v) is 9.88. The second-order valence-electron chi connectivity index (χ2n) is 8.11. The minimum absolute atomic E-state index is 0.0838. The lowest BCUT2D eigenvalue weighted by Gasteiger charge is -2.41. The van der Waals surface area contributed by atoms with E-state index in [1.165, 1.54) is 6.42 Å². The molecule has 4 rings (SSSR count). The third-order valence-corrected chi connectivity index (χ3v) is 8.68. The van der Waals surface area contributed by atoms with Crippen LogP contribution >= 0.6 is 0 Å². The van der Waals surface area contributed by atoms with Gasteiger partial charge in [-0.05, 0) is 44.2 Å². The molecule has 1 aromatic rings. The van der Waals surface area contributed by atoms with Crippen LogP contribution in [0.5, 0.6) is 0 Å². The molecule has 0 aromatic heterocycles. The molecule has 1 heterocycles. The van der Waals surface area contributed by atoms with Gasteiger partial charge in [0.15, 0.2) is 0 Å². The third-order valence-electron chi connectivity index (χ3n) is 7.26. The Kier molecular flexibility index (Phi) is 3.11. The first-order chi connectivity index (χ1) is 10.7. The standard InChI is InChI=1S/C18H25NO3S/c1-13-4-6-15(7-5-13)23(20,21)19-11-18-10-14-8-9-17(18,3)16(14,2)12-22-18/h4-7,14,19H,8-12H2,1-3H3/t14-,16+,17-,18+/m1/s1. The van der Waals surface area contributed by atoms with Gasteiger partial charge in [-0.2, -0.15) is 0 Å². The lowest BCUT2D eigenvalue weighted by atomic mass is 9.66. The van der Waals surface area contributed by atoms with Crippen LogP contribution in [-0.2, 0) is 14.8 Å². The number of aryl methyl sites for hydroxylation is 1. The number of nitrogens with one attached hydrogen (secondary N) is 1. The van der Waals surface area contributed by atoms with Gasteiger partial charge < -0.3 is 4.74 Å². The van der Waals surface area contributed by atoms with Crippen LogP contribution in [0, 0.1) is 23.7 Å². The molecule has 3 aliphatic rings. The first-order valence-electron chi connectivity index (χ1n) is 8.43. The maximum atomic E-state index is 12.6. The van der Waals surface area contributed by atoms with E-state index in [4.69, 9.17) is 4.74 Å². The van der Waals surface area contributed by atoms with E-state index in [2.05, 4.69) is 18.6 Å². The lowest BCUT2D eigenvalue weighted by molar-refractivity contribution is -0.0784. The van der Waals surface area contributed by atoms with Crippen molar-refractivity contribution in [3.63, 3.8) is 0 Å². The van der Waals surface area contributed by atoms with E-state index in [0.717, 1.165) is 25.0 Å². The summed E-state index contributed by atoms with van der Waals surface area (Å²) in [6, 6.07) is 6.98. The monoisotopic (exact) mass is 335 g/mol. The average Bonchev–Trinajstić information content (AvgIpc) is 2.97. The number of benzene rings is 1. The van der Waals surface area contributed by atoms with Crippen molar-refractivity contribution in [1.82, 2.24) is 4.72 Å². The molecular formula is C18H25NO3S. The molecule has 2 saturated carbocycles. The molecule has 1 saturated heterocycles. The Bertz CT molecular complexity index is 744. The van der Waals surface area contributed by atoms with Gasteiger partial charge in [-0.25, -0.2) is 13.1 Å². The Morgan fingerprint density at radius 2 is 1.96 bits per heavy atom. The van der Waals surface area contributed by atoms with Crippen molar-refractivity contribution in [1.29, 1.82) is 0 Å². The van der Waals surface area contributed by atoms with Gasteiger partial charge >= 0.3 is 0 Å². The van der Waals surface area contributed by atoms with E-state index in [-0.39, 0.29) is 16.4 Å². The van der Waals surface area contributed by atoms with Crippen molar-refractivity contribution >= 4 is 10.0 Å². The summed E-state index contributed by atoms with van der Waals surface area (Å²) in [4.78, 5) is 0.327. The average molecular weight is 335 g/mol. The Balaban J connectivity index is 1.57. The molecule has 3 fully saturated rings. The molecule has 0 unspecified atom stereocenters. The molecule has 0 spiro atoms. The quantitative estimate of drug-likeness (QED) is 0.920. The molecule has 1 N–H and O–H groups in total. The van der Waals surface area contributed by atoms with Crippen molar-refractivity contribution in [2.24, 2.45) is 16.7 Å². The normalized spacial score (nSPS) is 41.6. The molecular weight excluding hydrogens is 310 g/mol. The first-order valence-corrected chi connectivity index (χ1v) is 9.91. The van der Waals surface area contributed by atoms with Crippen molar-refractivity contribution in [2.45, 2.75) is 50.5 Å². The van der Waals surface area contributed by atoms with E-state index in [1.807, 2.05) is 19.1 Å². The van der Waals surface area contributed by atoms with Gasteiger partial charge in [-0.1, -0.05) is 31.5 Å². The van der Waals surface area contributed by atoms with Gasteiger partial charge in [0.1, 0.15) is 0 Å². The van der Waals surface area contributed by atoms with E-state index >= 15 is 0 Å². The fraction of sp³-hybridized carbons (Fsp3) is 0.667. The number of rotatable bonds is 4. The molecule has 4 atom stereocenters. The maximum absolute atomic E-state index is 12.6. The van der Waals surface area contributed by atoms with Crippen LogP contribution in [0.2, 0.25) is 0 Å². The maximum Gasteiger partial charge on any atom is 0.240 e. The summed E-state index contributed by atoms with van der Waals surface area (Å²) in [5, 5.41) is 0. The zero-order valence-electron chi connectivity index (χ0n) is 14.1. The Labute approximate surface area is 138 Å². The van der Waals surface area contributed by atoms with Crippen molar-refractivity contribution in [3.8, 4) is 0 Å². The zero-order valence-corrected chi connectivity index (χ0v) is 14.9. The smallest absolute Gasteiger partial charge is 0.240 e. The van der Waals surface area contributed by atoms with Crippen LogP contribution < -0.4 is 4.72 Å². The molecule has 23 heavy (non-hydrogen) atoms. The van der Waals surface area contributed by atoms with Crippen molar-refractivity contribution in [2.75, 3.05) is 13.2 Å². The van der Waals surface area contributed by atoms with Crippen LogP contribution in [0.15, 0.2) is 29.2 Å². The predicted molar refractivity (Wildman–Crippen MR) is 88.6 cm³/mol. The second kappa shape index (κ2) is 4.58. The van der Waals surface area contributed by atoms with Crippen LogP contribution in [0.4, 0.5) is 0 Å². The summed E-state index contributed by atoms with van der Waals surface area (Å²) >= 11 is 0. The van der Waals surface area contributed by atoms with E-state index in [0.29, 0.717) is 17.4 Å². The van der Waals surface area contributed by atoms with Crippen molar-refractivity contribution < 1.29 is 13.2 Å². The minimum atomic E-state index is -3.49. The summed E-state index contributed by atoms with van der Waals surface area (Å²) in [5.41, 5.74) is 1.02. The summed E-state index contributed by atoms with van der Waals surface area (Å²) < 4.78 is 34.2. The summed E-state index contributed by atoms with van der Waals surface area (Å²) in [6.45, 7) is 7.72. The number of sulfonamides is 1.